The summed E-state index contributed by atoms with van der Waals surface area (Å²) in [7, 11) is 0. The summed E-state index contributed by atoms with van der Waals surface area (Å²) in [6, 6.07) is 5.68. The molecular formula is C11H11NO6. The van der Waals surface area contributed by atoms with Crippen molar-refractivity contribution in [3.8, 4) is 0 Å². The number of carbonyl (C=O) groups is 3. The number of hydrogen-bond acceptors (Lipinski definition) is 4. The van der Waals surface area contributed by atoms with Crippen LogP contribution in [-0.4, -0.2) is 41.3 Å². The van der Waals surface area contributed by atoms with Crippen LogP contribution < -0.4 is 5.32 Å². The van der Waals surface area contributed by atoms with Crippen LogP contribution in [0.5, 0.6) is 0 Å². The van der Waals surface area contributed by atoms with Crippen molar-refractivity contribution >= 4 is 23.5 Å². The number of ether oxygens (including phenoxy) is 1. The molecule has 1 rings (SSSR count). The van der Waals surface area contributed by atoms with E-state index in [1.54, 1.807) is 0 Å². The van der Waals surface area contributed by atoms with E-state index in [1.165, 1.54) is 24.3 Å². The monoisotopic (exact) mass is 253 g/mol. The van der Waals surface area contributed by atoms with Gasteiger partial charge < -0.3 is 20.3 Å². The normalized spacial score (nSPS) is 9.78. The molecule has 1 aromatic rings. The molecule has 3 N–H and O–H groups in total. The van der Waals surface area contributed by atoms with E-state index < -0.39 is 31.1 Å². The predicted molar refractivity (Wildman–Crippen MR) is 60.5 cm³/mol. The zero-order valence-corrected chi connectivity index (χ0v) is 9.25. The van der Waals surface area contributed by atoms with Crippen molar-refractivity contribution in [3.63, 3.8) is 0 Å². The highest BCUT2D eigenvalue weighted by atomic mass is 16.5. The van der Waals surface area contributed by atoms with Gasteiger partial charge in [0, 0.05) is 5.69 Å². The first kappa shape index (κ1) is 13.7. The first-order valence-corrected chi connectivity index (χ1v) is 4.92. The maximum atomic E-state index is 11.3. The van der Waals surface area contributed by atoms with Crippen LogP contribution in [0.4, 0.5) is 5.69 Å². The lowest BCUT2D eigenvalue weighted by molar-refractivity contribution is -0.143. The Kier molecular flexibility index (Phi) is 4.82. The third-order valence-electron chi connectivity index (χ3n) is 1.85. The summed E-state index contributed by atoms with van der Waals surface area (Å²) >= 11 is 0. The zero-order chi connectivity index (χ0) is 13.5. The number of carboxylic acids is 2. The third kappa shape index (κ3) is 4.62. The molecular weight excluding hydrogens is 242 g/mol. The number of benzene rings is 1. The number of aliphatic carboxylic acids is 1. The third-order valence-corrected chi connectivity index (χ3v) is 1.85. The van der Waals surface area contributed by atoms with Gasteiger partial charge in [-0.1, -0.05) is 6.07 Å². The lowest BCUT2D eigenvalue weighted by Crippen LogP contribution is -2.20. The summed E-state index contributed by atoms with van der Waals surface area (Å²) in [6.07, 6.45) is 0. The van der Waals surface area contributed by atoms with Crippen molar-refractivity contribution in [2.75, 3.05) is 18.5 Å². The summed E-state index contributed by atoms with van der Waals surface area (Å²) in [6.45, 7) is -0.980. The van der Waals surface area contributed by atoms with Crippen LogP contribution in [-0.2, 0) is 14.3 Å². The van der Waals surface area contributed by atoms with Gasteiger partial charge in [0.2, 0.25) is 5.91 Å². The Morgan fingerprint density at radius 2 is 1.89 bits per heavy atom. The molecule has 0 fully saturated rings. The van der Waals surface area contributed by atoms with Crippen molar-refractivity contribution < 1.29 is 29.3 Å². The fourth-order valence-electron chi connectivity index (χ4n) is 1.16. The average molecular weight is 253 g/mol. The molecule has 7 nitrogen and oxygen atoms in total. The molecule has 0 aliphatic rings. The highest BCUT2D eigenvalue weighted by Crippen LogP contribution is 2.10. The average Bonchev–Trinajstić information content (AvgIpc) is 2.28. The maximum absolute atomic E-state index is 11.3. The molecule has 0 heterocycles. The van der Waals surface area contributed by atoms with Crippen LogP contribution in [0.1, 0.15) is 10.4 Å². The highest BCUT2D eigenvalue weighted by molar-refractivity contribution is 5.94. The fraction of sp³-hybridized carbons (Fsp3) is 0.182. The van der Waals surface area contributed by atoms with Gasteiger partial charge in [0.25, 0.3) is 0 Å². The van der Waals surface area contributed by atoms with Gasteiger partial charge in [-0.15, -0.1) is 0 Å². The van der Waals surface area contributed by atoms with Gasteiger partial charge in [0.05, 0.1) is 5.56 Å². The van der Waals surface area contributed by atoms with E-state index in [1.807, 2.05) is 0 Å². The number of carbonyl (C=O) groups excluding carboxylic acids is 1. The molecule has 18 heavy (non-hydrogen) atoms. The predicted octanol–water partition coefficient (Wildman–Crippen LogP) is 0.424. The van der Waals surface area contributed by atoms with E-state index in [9.17, 15) is 14.4 Å². The van der Waals surface area contributed by atoms with Crippen molar-refractivity contribution in [1.82, 2.24) is 0 Å². The van der Waals surface area contributed by atoms with Gasteiger partial charge in [0.1, 0.15) is 13.2 Å². The number of nitrogens with one attached hydrogen (secondary N) is 1. The molecule has 7 heteroatoms. The van der Waals surface area contributed by atoms with E-state index in [2.05, 4.69) is 10.1 Å². The van der Waals surface area contributed by atoms with Gasteiger partial charge >= 0.3 is 11.9 Å². The molecule has 96 valence electrons. The summed E-state index contributed by atoms with van der Waals surface area (Å²) in [4.78, 5) is 32.1. The van der Waals surface area contributed by atoms with Gasteiger partial charge in [-0.2, -0.15) is 0 Å². The van der Waals surface area contributed by atoms with Crippen LogP contribution in [0.15, 0.2) is 24.3 Å². The van der Waals surface area contributed by atoms with Crippen molar-refractivity contribution in [2.24, 2.45) is 0 Å². The molecule has 0 aliphatic heterocycles. The first-order chi connectivity index (χ1) is 8.49. The van der Waals surface area contributed by atoms with E-state index in [-0.39, 0.29) is 5.56 Å². The zero-order valence-electron chi connectivity index (χ0n) is 9.25. The number of rotatable bonds is 6. The van der Waals surface area contributed by atoms with Crippen LogP contribution in [0.2, 0.25) is 0 Å². The quantitative estimate of drug-likeness (QED) is 0.677. The molecule has 0 unspecified atom stereocenters. The van der Waals surface area contributed by atoms with E-state index in [0.29, 0.717) is 5.69 Å². The molecule has 0 bridgehead atoms. The molecule has 0 aliphatic carbocycles. The second kappa shape index (κ2) is 6.36. The topological polar surface area (TPSA) is 113 Å². The van der Waals surface area contributed by atoms with E-state index >= 15 is 0 Å². The summed E-state index contributed by atoms with van der Waals surface area (Å²) in [5, 5.41) is 19.4. The van der Waals surface area contributed by atoms with Crippen LogP contribution >= 0.6 is 0 Å². The Morgan fingerprint density at radius 1 is 1.17 bits per heavy atom. The Balaban J connectivity index is 2.51. The minimum Gasteiger partial charge on any atom is -0.480 e. The van der Waals surface area contributed by atoms with E-state index in [4.69, 9.17) is 10.2 Å². The number of amides is 1. The Morgan fingerprint density at radius 3 is 2.50 bits per heavy atom. The molecule has 0 radical (unpaired) electrons. The molecule has 0 saturated carbocycles. The van der Waals surface area contributed by atoms with Crippen LogP contribution in [0, 0.1) is 0 Å². The molecule has 0 saturated heterocycles. The van der Waals surface area contributed by atoms with Gasteiger partial charge in [-0.3, -0.25) is 4.79 Å². The van der Waals surface area contributed by atoms with Crippen LogP contribution in [0.3, 0.4) is 0 Å². The van der Waals surface area contributed by atoms with E-state index in [0.717, 1.165) is 0 Å². The second-order valence-electron chi connectivity index (χ2n) is 3.32. The van der Waals surface area contributed by atoms with Crippen molar-refractivity contribution in [2.45, 2.75) is 0 Å². The number of carboxylic acid groups (broad SMARTS) is 2. The van der Waals surface area contributed by atoms with Gasteiger partial charge in [-0.05, 0) is 18.2 Å². The molecule has 0 atom stereocenters. The first-order valence-electron chi connectivity index (χ1n) is 4.92. The largest absolute Gasteiger partial charge is 0.480 e. The summed E-state index contributed by atoms with van der Waals surface area (Å²) in [5.41, 5.74) is 0.345. The Hall–Kier alpha value is -2.41. The number of hydrogen-bond donors (Lipinski definition) is 3. The molecule has 1 amide bonds. The molecule has 1 aromatic carbocycles. The minimum atomic E-state index is -1.17. The molecule has 0 spiro atoms. The highest BCUT2D eigenvalue weighted by Gasteiger charge is 2.07. The van der Waals surface area contributed by atoms with Crippen molar-refractivity contribution in [1.29, 1.82) is 0 Å². The van der Waals surface area contributed by atoms with Gasteiger partial charge in [-0.25, -0.2) is 9.59 Å². The standard InChI is InChI=1S/C11H11NO6/c13-9(5-18-6-10(14)15)12-8-3-1-2-7(4-8)11(16)17/h1-4H,5-6H2,(H,12,13)(H,14,15)(H,16,17). The SMILES string of the molecule is O=C(O)COCC(=O)Nc1cccc(C(=O)O)c1. The summed E-state index contributed by atoms with van der Waals surface area (Å²) < 4.78 is 4.58. The second-order valence-corrected chi connectivity index (χ2v) is 3.32. The number of anilines is 1. The lowest BCUT2D eigenvalue weighted by Gasteiger charge is -2.05. The minimum absolute atomic E-state index is 0.0410. The summed E-state index contributed by atoms with van der Waals surface area (Å²) in [5.74, 6) is -2.83. The smallest absolute Gasteiger partial charge is 0.335 e. The van der Waals surface area contributed by atoms with Gasteiger partial charge in [0.15, 0.2) is 0 Å². The fourth-order valence-corrected chi connectivity index (χ4v) is 1.16. The Labute approximate surface area is 102 Å². The Bertz CT molecular complexity index is 470. The maximum Gasteiger partial charge on any atom is 0.335 e. The number of aromatic carboxylic acids is 1. The molecule has 0 aromatic heterocycles. The van der Waals surface area contributed by atoms with Crippen molar-refractivity contribution in [3.05, 3.63) is 29.8 Å². The van der Waals surface area contributed by atoms with Crippen LogP contribution in [0.25, 0.3) is 0 Å². The lowest BCUT2D eigenvalue weighted by atomic mass is 10.2.